The number of alkyl halides is 3. The van der Waals surface area contributed by atoms with Gasteiger partial charge in [0.05, 0.1) is 5.56 Å². The normalized spacial score (nSPS) is 28.5. The van der Waals surface area contributed by atoms with Gasteiger partial charge in [-0.2, -0.15) is 13.2 Å². The second-order valence-corrected chi connectivity index (χ2v) is 7.28. The molecular weight excluding hydrogens is 323 g/mol. The van der Waals surface area contributed by atoms with Crippen molar-refractivity contribution in [1.29, 1.82) is 0 Å². The molecule has 4 heteroatoms. The smallest absolute Gasteiger partial charge is 0.381 e. The lowest BCUT2D eigenvalue weighted by molar-refractivity contribution is -0.137. The molecule has 2 aliphatic rings. The highest BCUT2D eigenvalue weighted by Gasteiger charge is 2.39. The minimum Gasteiger partial charge on any atom is -0.381 e. The molecule has 1 aromatic carbocycles. The predicted molar refractivity (Wildman–Crippen MR) is 96.7 cm³/mol. The van der Waals surface area contributed by atoms with E-state index in [-0.39, 0.29) is 12.0 Å². The number of unbranched alkanes of at least 4 members (excludes halogenated alkanes) is 1. The van der Waals surface area contributed by atoms with E-state index >= 15 is 0 Å². The van der Waals surface area contributed by atoms with E-state index in [9.17, 15) is 13.2 Å². The van der Waals surface area contributed by atoms with Crippen LogP contribution in [-0.2, 0) is 6.18 Å². The third kappa shape index (κ3) is 3.78. The number of allylic oxidation sites excluding steroid dienone is 3. The predicted octanol–water partition coefficient (Wildman–Crippen LogP) is 6.54. The Bertz CT molecular complexity index is 660. The van der Waals surface area contributed by atoms with Gasteiger partial charge in [-0.05, 0) is 48.4 Å². The highest BCUT2D eigenvalue weighted by Crippen LogP contribution is 2.45. The summed E-state index contributed by atoms with van der Waals surface area (Å²) in [7, 11) is 0. The van der Waals surface area contributed by atoms with Gasteiger partial charge in [-0.1, -0.05) is 51.0 Å². The van der Waals surface area contributed by atoms with E-state index in [1.165, 1.54) is 12.1 Å². The van der Waals surface area contributed by atoms with E-state index in [2.05, 4.69) is 43.5 Å². The summed E-state index contributed by atoms with van der Waals surface area (Å²) in [5, 5.41) is 3.58. The fraction of sp³-hybridized carbons (Fsp3) is 0.524. The molecule has 4 atom stereocenters. The Morgan fingerprint density at radius 2 is 2.00 bits per heavy atom. The zero-order valence-electron chi connectivity index (χ0n) is 14.8. The van der Waals surface area contributed by atoms with Gasteiger partial charge in [0.15, 0.2) is 0 Å². The van der Waals surface area contributed by atoms with Gasteiger partial charge in [-0.15, -0.1) is 0 Å². The third-order valence-electron chi connectivity index (χ3n) is 5.66. The van der Waals surface area contributed by atoms with Crippen molar-refractivity contribution in [3.05, 3.63) is 53.6 Å². The van der Waals surface area contributed by atoms with Gasteiger partial charge in [-0.25, -0.2) is 0 Å². The molecule has 1 unspecified atom stereocenters. The standard InChI is InChI=1S/C21H26F3N/c1-3-4-10-17-14(2)18-13-16(21(22,23)24)11-12-19(18)25-20(17)15-8-6-5-7-9-15/h5-8,11-15,17,20,25H,3-4,9-10H2,1-2H3/t14-,15?,17+,20-/m0/s1. The first-order chi connectivity index (χ1) is 11.9. The first kappa shape index (κ1) is 18.1. The van der Waals surface area contributed by atoms with E-state index in [4.69, 9.17) is 0 Å². The fourth-order valence-electron chi connectivity index (χ4n) is 4.24. The Morgan fingerprint density at radius 1 is 1.20 bits per heavy atom. The molecule has 1 aliphatic carbocycles. The summed E-state index contributed by atoms with van der Waals surface area (Å²) in [4.78, 5) is 0. The Labute approximate surface area is 148 Å². The average molecular weight is 349 g/mol. The van der Waals surface area contributed by atoms with Crippen molar-refractivity contribution in [2.45, 2.75) is 57.7 Å². The van der Waals surface area contributed by atoms with Gasteiger partial charge in [-0.3, -0.25) is 0 Å². The van der Waals surface area contributed by atoms with E-state index in [0.29, 0.717) is 11.8 Å². The van der Waals surface area contributed by atoms with Crippen molar-refractivity contribution in [3.63, 3.8) is 0 Å². The number of nitrogens with one attached hydrogen (secondary N) is 1. The first-order valence-corrected chi connectivity index (χ1v) is 9.22. The molecule has 25 heavy (non-hydrogen) atoms. The monoisotopic (exact) mass is 349 g/mol. The van der Waals surface area contributed by atoms with Gasteiger partial charge >= 0.3 is 6.18 Å². The Kier molecular flexibility index (Phi) is 5.26. The van der Waals surface area contributed by atoms with Crippen LogP contribution in [0.4, 0.5) is 18.9 Å². The molecule has 3 rings (SSSR count). The first-order valence-electron chi connectivity index (χ1n) is 9.22. The Morgan fingerprint density at radius 3 is 2.64 bits per heavy atom. The summed E-state index contributed by atoms with van der Waals surface area (Å²) in [5.41, 5.74) is 1.12. The van der Waals surface area contributed by atoms with Gasteiger partial charge < -0.3 is 5.32 Å². The quantitative estimate of drug-likeness (QED) is 0.650. The maximum Gasteiger partial charge on any atom is 0.416 e. The van der Waals surface area contributed by atoms with Crippen LogP contribution >= 0.6 is 0 Å². The number of rotatable bonds is 4. The fourth-order valence-corrected chi connectivity index (χ4v) is 4.24. The number of fused-ring (bicyclic) bond motifs is 1. The molecule has 1 nitrogen and oxygen atoms in total. The summed E-state index contributed by atoms with van der Waals surface area (Å²) >= 11 is 0. The topological polar surface area (TPSA) is 12.0 Å². The summed E-state index contributed by atoms with van der Waals surface area (Å²) in [6.07, 6.45) is 8.50. The van der Waals surface area contributed by atoms with Crippen LogP contribution in [0.2, 0.25) is 0 Å². The zero-order valence-corrected chi connectivity index (χ0v) is 14.8. The van der Waals surface area contributed by atoms with Crippen LogP contribution in [0.25, 0.3) is 0 Å². The molecular formula is C21H26F3N. The zero-order chi connectivity index (χ0) is 18.0. The van der Waals surface area contributed by atoms with Crippen LogP contribution in [0.1, 0.15) is 56.6 Å². The van der Waals surface area contributed by atoms with E-state index < -0.39 is 11.7 Å². The molecule has 0 spiro atoms. The summed E-state index contributed by atoms with van der Waals surface area (Å²) in [6, 6.07) is 4.42. The van der Waals surface area contributed by atoms with Crippen molar-refractivity contribution < 1.29 is 13.2 Å². The SMILES string of the molecule is CCCC[C@@H]1[C@H](C)c2cc(C(F)(F)F)ccc2N[C@H]1C1C=CC=CC1. The minimum absolute atomic E-state index is 0.120. The molecule has 1 aromatic rings. The number of halogens is 3. The van der Waals surface area contributed by atoms with Crippen molar-refractivity contribution in [3.8, 4) is 0 Å². The highest BCUT2D eigenvalue weighted by atomic mass is 19.4. The van der Waals surface area contributed by atoms with Crippen LogP contribution in [-0.4, -0.2) is 6.04 Å². The highest BCUT2D eigenvalue weighted by molar-refractivity contribution is 5.58. The van der Waals surface area contributed by atoms with Gasteiger partial charge in [0.2, 0.25) is 0 Å². The lowest BCUT2D eigenvalue weighted by Gasteiger charge is -2.43. The molecule has 0 amide bonds. The van der Waals surface area contributed by atoms with Crippen molar-refractivity contribution in [1.82, 2.24) is 0 Å². The summed E-state index contributed by atoms with van der Waals surface area (Å²) in [6.45, 7) is 4.25. The summed E-state index contributed by atoms with van der Waals surface area (Å²) < 4.78 is 39.3. The summed E-state index contributed by atoms with van der Waals surface area (Å²) in [5.74, 6) is 0.858. The van der Waals surface area contributed by atoms with Gasteiger partial charge in [0, 0.05) is 17.6 Å². The molecule has 1 aliphatic heterocycles. The van der Waals surface area contributed by atoms with Crippen molar-refractivity contribution >= 4 is 5.69 Å². The molecule has 0 radical (unpaired) electrons. The second kappa shape index (κ2) is 7.27. The lowest BCUT2D eigenvalue weighted by Crippen LogP contribution is -2.42. The van der Waals surface area contributed by atoms with Crippen LogP contribution in [0.3, 0.4) is 0 Å². The van der Waals surface area contributed by atoms with Crippen molar-refractivity contribution in [2.24, 2.45) is 11.8 Å². The van der Waals surface area contributed by atoms with Crippen LogP contribution in [0, 0.1) is 11.8 Å². The number of hydrogen-bond acceptors (Lipinski definition) is 1. The van der Waals surface area contributed by atoms with Gasteiger partial charge in [0.1, 0.15) is 0 Å². The third-order valence-corrected chi connectivity index (χ3v) is 5.66. The molecule has 0 bridgehead atoms. The molecule has 0 saturated carbocycles. The number of anilines is 1. The maximum atomic E-state index is 13.1. The van der Waals surface area contributed by atoms with Gasteiger partial charge in [0.25, 0.3) is 0 Å². The molecule has 0 aromatic heterocycles. The van der Waals surface area contributed by atoms with E-state index in [1.807, 2.05) is 0 Å². The van der Waals surface area contributed by atoms with Crippen LogP contribution in [0.15, 0.2) is 42.5 Å². The van der Waals surface area contributed by atoms with E-state index in [1.54, 1.807) is 6.07 Å². The second-order valence-electron chi connectivity index (χ2n) is 7.28. The number of hydrogen-bond donors (Lipinski definition) is 1. The van der Waals surface area contributed by atoms with Crippen LogP contribution < -0.4 is 5.32 Å². The largest absolute Gasteiger partial charge is 0.416 e. The molecule has 1 N–H and O–H groups in total. The Hall–Kier alpha value is -1.71. The molecule has 0 fully saturated rings. The Balaban J connectivity index is 1.94. The number of benzene rings is 1. The van der Waals surface area contributed by atoms with Crippen LogP contribution in [0.5, 0.6) is 0 Å². The average Bonchev–Trinajstić information content (AvgIpc) is 2.60. The lowest BCUT2D eigenvalue weighted by atomic mass is 9.70. The molecule has 0 saturated heterocycles. The minimum atomic E-state index is -4.29. The molecule has 1 heterocycles. The van der Waals surface area contributed by atoms with E-state index in [0.717, 1.165) is 36.9 Å². The molecule has 136 valence electrons. The maximum absolute atomic E-state index is 13.1. The van der Waals surface area contributed by atoms with Crippen molar-refractivity contribution in [2.75, 3.05) is 5.32 Å².